The van der Waals surface area contributed by atoms with Crippen LogP contribution in [0.2, 0.25) is 0 Å². The van der Waals surface area contributed by atoms with Crippen molar-refractivity contribution in [3.05, 3.63) is 76.5 Å². The number of benzene rings is 2. The number of hydrogen-bond donors (Lipinski definition) is 2. The molecule has 0 fully saturated rings. The molecule has 0 saturated heterocycles. The van der Waals surface area contributed by atoms with Crippen LogP contribution < -0.4 is 5.32 Å². The minimum atomic E-state index is -1.37. The Hall–Kier alpha value is -3.87. The smallest absolute Gasteiger partial charge is 0.414 e. The molecule has 0 spiro atoms. The second-order valence-corrected chi connectivity index (χ2v) is 7.05. The van der Waals surface area contributed by atoms with Gasteiger partial charge in [0.15, 0.2) is 5.78 Å². The second-order valence-electron chi connectivity index (χ2n) is 7.05. The second kappa shape index (κ2) is 7.51. The van der Waals surface area contributed by atoms with E-state index in [1.807, 2.05) is 48.5 Å². The van der Waals surface area contributed by atoms with E-state index in [0.717, 1.165) is 22.3 Å². The molecule has 1 aliphatic rings. The van der Waals surface area contributed by atoms with Gasteiger partial charge < -0.3 is 14.3 Å². The maximum Gasteiger partial charge on any atom is 0.414 e. The first-order valence-corrected chi connectivity index (χ1v) is 9.38. The van der Waals surface area contributed by atoms with Crippen LogP contribution >= 0.6 is 0 Å². The average Bonchev–Trinajstić information content (AvgIpc) is 3.21. The summed E-state index contributed by atoms with van der Waals surface area (Å²) < 4.78 is 10.7. The van der Waals surface area contributed by atoms with Gasteiger partial charge in [0, 0.05) is 5.92 Å². The number of aromatic carboxylic acids is 1. The molecule has 4 rings (SSSR count). The first-order chi connectivity index (χ1) is 14.4. The number of ketones is 1. The van der Waals surface area contributed by atoms with Gasteiger partial charge >= 0.3 is 12.1 Å². The first-order valence-electron chi connectivity index (χ1n) is 9.38. The van der Waals surface area contributed by atoms with Gasteiger partial charge in [0.05, 0.1) is 5.56 Å². The summed E-state index contributed by atoms with van der Waals surface area (Å²) in [5, 5.41) is 11.8. The van der Waals surface area contributed by atoms with Crippen LogP contribution in [0.15, 0.2) is 52.9 Å². The van der Waals surface area contributed by atoms with Gasteiger partial charge in [0.25, 0.3) is 0 Å². The SMILES string of the molecule is CC(=O)c1c(C)oc(NC(=O)OCC2c3ccccc3-c3ccccc32)c1C(=O)O. The molecule has 0 radical (unpaired) electrons. The molecular formula is C23H19NO6. The van der Waals surface area contributed by atoms with Gasteiger partial charge in [-0.05, 0) is 36.1 Å². The zero-order valence-corrected chi connectivity index (χ0v) is 16.4. The summed E-state index contributed by atoms with van der Waals surface area (Å²) in [6.07, 6.45) is -0.858. The zero-order valence-electron chi connectivity index (χ0n) is 16.4. The number of hydrogen-bond acceptors (Lipinski definition) is 5. The topological polar surface area (TPSA) is 106 Å². The molecule has 0 saturated carbocycles. The Morgan fingerprint density at radius 1 is 1.00 bits per heavy atom. The molecule has 1 aliphatic carbocycles. The van der Waals surface area contributed by atoms with E-state index in [1.165, 1.54) is 13.8 Å². The van der Waals surface area contributed by atoms with Crippen molar-refractivity contribution < 1.29 is 28.6 Å². The highest BCUT2D eigenvalue weighted by Gasteiger charge is 2.30. The molecule has 7 heteroatoms. The van der Waals surface area contributed by atoms with Gasteiger partial charge in [-0.1, -0.05) is 48.5 Å². The van der Waals surface area contributed by atoms with Crippen LogP contribution in [0.4, 0.5) is 10.7 Å². The van der Waals surface area contributed by atoms with Crippen LogP contribution in [0.25, 0.3) is 11.1 Å². The number of amides is 1. The summed E-state index contributed by atoms with van der Waals surface area (Å²) in [6, 6.07) is 15.9. The Morgan fingerprint density at radius 2 is 1.57 bits per heavy atom. The molecule has 30 heavy (non-hydrogen) atoms. The summed E-state index contributed by atoms with van der Waals surface area (Å²) in [6.45, 7) is 2.77. The highest BCUT2D eigenvalue weighted by molar-refractivity contribution is 6.09. The Morgan fingerprint density at radius 3 is 2.10 bits per heavy atom. The summed E-state index contributed by atoms with van der Waals surface area (Å²) >= 11 is 0. The molecule has 152 valence electrons. The molecule has 7 nitrogen and oxygen atoms in total. The quantitative estimate of drug-likeness (QED) is 0.588. The van der Waals surface area contributed by atoms with E-state index in [9.17, 15) is 19.5 Å². The maximum atomic E-state index is 12.4. The number of furan rings is 1. The predicted molar refractivity (Wildman–Crippen MR) is 109 cm³/mol. The molecular weight excluding hydrogens is 386 g/mol. The van der Waals surface area contributed by atoms with Gasteiger partial charge in [-0.2, -0.15) is 0 Å². The summed E-state index contributed by atoms with van der Waals surface area (Å²) in [7, 11) is 0. The molecule has 1 aromatic heterocycles. The first kappa shape index (κ1) is 19.4. The largest absolute Gasteiger partial charge is 0.477 e. The lowest BCUT2D eigenvalue weighted by molar-refractivity contribution is 0.0693. The summed E-state index contributed by atoms with van der Waals surface area (Å²) in [4.78, 5) is 35.7. The Bertz CT molecular complexity index is 1130. The Kier molecular flexibility index (Phi) is 4.87. The standard InChI is InChI=1S/C23H19NO6/c1-12(25)19-13(2)30-21(20(19)22(26)27)24-23(28)29-11-18-16-9-5-3-7-14(16)15-8-4-6-10-17(15)18/h3-10,18H,11H2,1-2H3,(H,24,28)(H,26,27). The van der Waals surface area contributed by atoms with Gasteiger partial charge in [-0.25, -0.2) is 9.59 Å². The van der Waals surface area contributed by atoms with Crippen molar-refractivity contribution in [2.24, 2.45) is 0 Å². The number of carbonyl (C=O) groups excluding carboxylic acids is 2. The molecule has 2 N–H and O–H groups in total. The number of carboxylic acids is 1. The average molecular weight is 405 g/mol. The number of nitrogens with one attached hydrogen (secondary N) is 1. The fourth-order valence-electron chi connectivity index (χ4n) is 3.99. The normalized spacial score (nSPS) is 12.2. The number of carboxylic acid groups (broad SMARTS) is 1. The van der Waals surface area contributed by atoms with Gasteiger partial charge in [-0.15, -0.1) is 0 Å². The van der Waals surface area contributed by atoms with E-state index >= 15 is 0 Å². The number of carbonyl (C=O) groups is 3. The summed E-state index contributed by atoms with van der Waals surface area (Å²) in [5.41, 5.74) is 3.87. The number of fused-ring (bicyclic) bond motifs is 3. The fraction of sp³-hybridized carbons (Fsp3) is 0.174. The van der Waals surface area contributed by atoms with Crippen LogP contribution in [0.1, 0.15) is 50.4 Å². The third kappa shape index (κ3) is 3.24. The van der Waals surface area contributed by atoms with Crippen molar-refractivity contribution in [1.82, 2.24) is 0 Å². The van der Waals surface area contributed by atoms with Crippen LogP contribution in [-0.2, 0) is 4.74 Å². The third-order valence-corrected chi connectivity index (χ3v) is 5.21. The Balaban J connectivity index is 1.54. The van der Waals surface area contributed by atoms with E-state index in [0.29, 0.717) is 0 Å². The van der Waals surface area contributed by atoms with Crippen LogP contribution in [0.3, 0.4) is 0 Å². The highest BCUT2D eigenvalue weighted by atomic mass is 16.6. The molecule has 1 heterocycles. The van der Waals surface area contributed by atoms with Crippen molar-refractivity contribution in [2.45, 2.75) is 19.8 Å². The number of anilines is 1. The maximum absolute atomic E-state index is 12.4. The molecule has 0 aliphatic heterocycles. The number of Topliss-reactive ketones (excluding diaryl/α,β-unsaturated/α-hetero) is 1. The fourth-order valence-corrected chi connectivity index (χ4v) is 3.99. The highest BCUT2D eigenvalue weighted by Crippen LogP contribution is 2.44. The Labute approximate surface area is 172 Å². The van der Waals surface area contributed by atoms with E-state index < -0.39 is 17.8 Å². The minimum Gasteiger partial charge on any atom is -0.477 e. The predicted octanol–water partition coefficient (Wildman–Crippen LogP) is 4.85. The van der Waals surface area contributed by atoms with E-state index in [1.54, 1.807) is 0 Å². The molecule has 0 bridgehead atoms. The van der Waals surface area contributed by atoms with Crippen molar-refractivity contribution in [1.29, 1.82) is 0 Å². The molecule has 0 unspecified atom stereocenters. The van der Waals surface area contributed by atoms with Crippen molar-refractivity contribution in [3.63, 3.8) is 0 Å². The van der Waals surface area contributed by atoms with Crippen molar-refractivity contribution in [2.75, 3.05) is 11.9 Å². The number of ether oxygens (including phenoxy) is 1. The van der Waals surface area contributed by atoms with Crippen LogP contribution in [-0.4, -0.2) is 29.6 Å². The van der Waals surface area contributed by atoms with Gasteiger partial charge in [-0.3, -0.25) is 10.1 Å². The number of aryl methyl sites for hydroxylation is 1. The van der Waals surface area contributed by atoms with Crippen LogP contribution in [0.5, 0.6) is 0 Å². The van der Waals surface area contributed by atoms with E-state index in [-0.39, 0.29) is 35.3 Å². The minimum absolute atomic E-state index is 0.0710. The lowest BCUT2D eigenvalue weighted by atomic mass is 9.98. The molecule has 1 amide bonds. The lowest BCUT2D eigenvalue weighted by Crippen LogP contribution is -2.19. The monoisotopic (exact) mass is 405 g/mol. The number of rotatable bonds is 5. The molecule has 3 aromatic rings. The van der Waals surface area contributed by atoms with Crippen molar-refractivity contribution >= 4 is 23.7 Å². The molecule has 2 aromatic carbocycles. The van der Waals surface area contributed by atoms with Gasteiger partial charge in [0.2, 0.25) is 5.88 Å². The lowest BCUT2D eigenvalue weighted by Gasteiger charge is -2.14. The van der Waals surface area contributed by atoms with Crippen molar-refractivity contribution in [3.8, 4) is 11.1 Å². The zero-order chi connectivity index (χ0) is 21.4. The summed E-state index contributed by atoms with van der Waals surface area (Å²) in [5.74, 6) is -2.16. The molecule has 0 atom stereocenters. The van der Waals surface area contributed by atoms with Crippen LogP contribution in [0, 0.1) is 6.92 Å². The third-order valence-electron chi connectivity index (χ3n) is 5.21. The van der Waals surface area contributed by atoms with Gasteiger partial charge in [0.1, 0.15) is 17.9 Å². The van der Waals surface area contributed by atoms with E-state index in [4.69, 9.17) is 9.15 Å². The van der Waals surface area contributed by atoms with E-state index in [2.05, 4.69) is 5.32 Å².